The Kier molecular flexibility index (Phi) is 2.33. The third-order valence-electron chi connectivity index (χ3n) is 4.25. The standard InChI is InChI=1S/C13H15NO4/c1-6(15)14-12(17)10-8-3-4-9(5-8)11(10)13(14)18-7(2)16/h3-4,8-11,13H,5H2,1-2H3/t8-,9+,10?,11?,13?/m0/s1. The smallest absolute Gasteiger partial charge is 0.304 e. The number of fused-ring (bicyclic) bond motifs is 5. The van der Waals surface area contributed by atoms with Crippen LogP contribution >= 0.6 is 0 Å². The van der Waals surface area contributed by atoms with Crippen LogP contribution in [0.2, 0.25) is 0 Å². The van der Waals surface area contributed by atoms with Crippen LogP contribution in [0, 0.1) is 23.7 Å². The molecule has 1 saturated heterocycles. The van der Waals surface area contributed by atoms with Gasteiger partial charge in [-0.1, -0.05) is 12.2 Å². The number of carbonyl (C=O) groups is 3. The summed E-state index contributed by atoms with van der Waals surface area (Å²) in [5, 5.41) is 0. The van der Waals surface area contributed by atoms with Crippen molar-refractivity contribution in [3.8, 4) is 0 Å². The summed E-state index contributed by atoms with van der Waals surface area (Å²) in [5.41, 5.74) is 0. The van der Waals surface area contributed by atoms with Crippen molar-refractivity contribution in [2.24, 2.45) is 23.7 Å². The first-order valence-corrected chi connectivity index (χ1v) is 6.20. The molecular weight excluding hydrogens is 234 g/mol. The van der Waals surface area contributed by atoms with E-state index >= 15 is 0 Å². The molecule has 1 saturated carbocycles. The van der Waals surface area contributed by atoms with E-state index < -0.39 is 12.2 Å². The molecule has 3 rings (SSSR count). The fourth-order valence-corrected chi connectivity index (χ4v) is 3.69. The van der Waals surface area contributed by atoms with Gasteiger partial charge < -0.3 is 4.74 Å². The lowest BCUT2D eigenvalue weighted by molar-refractivity contribution is -0.166. The van der Waals surface area contributed by atoms with Crippen LogP contribution in [0.15, 0.2) is 12.2 Å². The van der Waals surface area contributed by atoms with Gasteiger partial charge in [0.05, 0.1) is 5.92 Å². The van der Waals surface area contributed by atoms with E-state index in [1.165, 1.54) is 13.8 Å². The largest absolute Gasteiger partial charge is 0.441 e. The number of rotatable bonds is 1. The quantitative estimate of drug-likeness (QED) is 0.507. The third-order valence-corrected chi connectivity index (χ3v) is 4.25. The molecule has 2 bridgehead atoms. The highest BCUT2D eigenvalue weighted by Crippen LogP contribution is 2.54. The van der Waals surface area contributed by atoms with E-state index in [-0.39, 0.29) is 35.5 Å². The number of carbonyl (C=O) groups excluding carboxylic acids is 3. The highest BCUT2D eigenvalue weighted by molar-refractivity contribution is 5.98. The molecule has 96 valence electrons. The van der Waals surface area contributed by atoms with Gasteiger partial charge in [0.1, 0.15) is 0 Å². The summed E-state index contributed by atoms with van der Waals surface area (Å²) in [5.74, 6) is -0.775. The van der Waals surface area contributed by atoms with Gasteiger partial charge in [-0.3, -0.25) is 14.4 Å². The zero-order valence-corrected chi connectivity index (χ0v) is 10.3. The van der Waals surface area contributed by atoms with E-state index in [4.69, 9.17) is 4.74 Å². The maximum atomic E-state index is 12.3. The second-order valence-corrected chi connectivity index (χ2v) is 5.28. The van der Waals surface area contributed by atoms with Crippen molar-refractivity contribution in [2.45, 2.75) is 26.5 Å². The summed E-state index contributed by atoms with van der Waals surface area (Å²) in [6, 6.07) is 0. The summed E-state index contributed by atoms with van der Waals surface area (Å²) in [6.45, 7) is 2.64. The Morgan fingerprint density at radius 3 is 2.56 bits per heavy atom. The Balaban J connectivity index is 1.97. The number of nitrogens with zero attached hydrogens (tertiary/aromatic N) is 1. The van der Waals surface area contributed by atoms with Gasteiger partial charge in [-0.05, 0) is 18.3 Å². The van der Waals surface area contributed by atoms with Gasteiger partial charge in [-0.15, -0.1) is 0 Å². The van der Waals surface area contributed by atoms with Gasteiger partial charge in [0, 0.05) is 19.8 Å². The SMILES string of the molecule is CC(=O)OC1C2C(C(=O)N1C(C)=O)[C@H]1C=C[C@@H]2C1. The van der Waals surface area contributed by atoms with Gasteiger partial charge >= 0.3 is 5.97 Å². The average Bonchev–Trinajstić information content (AvgIpc) is 2.90. The van der Waals surface area contributed by atoms with Crippen LogP contribution in [-0.4, -0.2) is 28.9 Å². The van der Waals surface area contributed by atoms with Crippen LogP contribution in [-0.2, 0) is 19.1 Å². The van der Waals surface area contributed by atoms with Gasteiger partial charge in [0.15, 0.2) is 6.23 Å². The number of hydrogen-bond donors (Lipinski definition) is 0. The zero-order chi connectivity index (χ0) is 13.0. The number of hydrogen-bond acceptors (Lipinski definition) is 4. The second-order valence-electron chi connectivity index (χ2n) is 5.28. The lowest BCUT2D eigenvalue weighted by atomic mass is 9.85. The minimum absolute atomic E-state index is 0.0553. The number of imide groups is 1. The molecule has 5 nitrogen and oxygen atoms in total. The van der Waals surface area contributed by atoms with Gasteiger partial charge in [-0.2, -0.15) is 0 Å². The molecule has 0 spiro atoms. The van der Waals surface area contributed by atoms with Gasteiger partial charge in [-0.25, -0.2) is 4.90 Å². The molecule has 0 radical (unpaired) electrons. The highest BCUT2D eigenvalue weighted by Gasteiger charge is 2.61. The van der Waals surface area contributed by atoms with Crippen LogP contribution in [0.4, 0.5) is 0 Å². The molecule has 5 heteroatoms. The fourth-order valence-electron chi connectivity index (χ4n) is 3.69. The maximum absolute atomic E-state index is 12.3. The Hall–Kier alpha value is -1.65. The number of esters is 1. The topological polar surface area (TPSA) is 63.7 Å². The minimum atomic E-state index is -0.711. The molecule has 0 aromatic carbocycles. The molecule has 2 fully saturated rings. The highest BCUT2D eigenvalue weighted by atomic mass is 16.6. The van der Waals surface area contributed by atoms with Crippen LogP contribution in [0.25, 0.3) is 0 Å². The Labute approximate surface area is 105 Å². The fraction of sp³-hybridized carbons (Fsp3) is 0.615. The van der Waals surface area contributed by atoms with E-state index in [0.717, 1.165) is 11.3 Å². The molecule has 3 aliphatic rings. The van der Waals surface area contributed by atoms with Gasteiger partial charge in [0.2, 0.25) is 11.8 Å². The summed E-state index contributed by atoms with van der Waals surface area (Å²) < 4.78 is 5.23. The Morgan fingerprint density at radius 2 is 1.94 bits per heavy atom. The van der Waals surface area contributed by atoms with E-state index in [1.807, 2.05) is 0 Å². The second kappa shape index (κ2) is 3.67. The van der Waals surface area contributed by atoms with Crippen molar-refractivity contribution >= 4 is 17.8 Å². The van der Waals surface area contributed by atoms with Gasteiger partial charge in [0.25, 0.3) is 0 Å². The summed E-state index contributed by atoms with van der Waals surface area (Å²) in [4.78, 5) is 36.2. The third kappa shape index (κ3) is 1.36. The molecule has 5 atom stereocenters. The van der Waals surface area contributed by atoms with Crippen molar-refractivity contribution in [1.29, 1.82) is 0 Å². The predicted octanol–water partition coefficient (Wildman–Crippen LogP) is 0.703. The monoisotopic (exact) mass is 249 g/mol. The molecule has 0 aromatic heterocycles. The van der Waals surface area contributed by atoms with E-state index in [0.29, 0.717) is 0 Å². The number of ether oxygens (including phenoxy) is 1. The van der Waals surface area contributed by atoms with Crippen LogP contribution in [0.5, 0.6) is 0 Å². The van der Waals surface area contributed by atoms with Crippen molar-refractivity contribution in [1.82, 2.24) is 4.90 Å². The van der Waals surface area contributed by atoms with Crippen LogP contribution in [0.3, 0.4) is 0 Å². The minimum Gasteiger partial charge on any atom is -0.441 e. The van der Waals surface area contributed by atoms with Crippen molar-refractivity contribution in [2.75, 3.05) is 0 Å². The van der Waals surface area contributed by atoms with Crippen molar-refractivity contribution < 1.29 is 19.1 Å². The lowest BCUT2D eigenvalue weighted by Crippen LogP contribution is -2.42. The molecular formula is C13H15NO4. The Bertz CT molecular complexity index is 470. The Morgan fingerprint density at radius 1 is 1.28 bits per heavy atom. The molecule has 1 aliphatic heterocycles. The number of likely N-dealkylation sites (tertiary alicyclic amines) is 1. The lowest BCUT2D eigenvalue weighted by Gasteiger charge is -2.27. The molecule has 2 aliphatic carbocycles. The molecule has 3 unspecified atom stereocenters. The molecule has 18 heavy (non-hydrogen) atoms. The first kappa shape index (κ1) is 11.4. The van der Waals surface area contributed by atoms with Crippen LogP contribution < -0.4 is 0 Å². The molecule has 0 aromatic rings. The molecule has 0 N–H and O–H groups in total. The van der Waals surface area contributed by atoms with Crippen molar-refractivity contribution in [3.63, 3.8) is 0 Å². The van der Waals surface area contributed by atoms with Crippen molar-refractivity contribution in [3.05, 3.63) is 12.2 Å². The summed E-state index contributed by atoms with van der Waals surface area (Å²) in [7, 11) is 0. The average molecular weight is 249 g/mol. The number of allylic oxidation sites excluding steroid dienone is 2. The van der Waals surface area contributed by atoms with E-state index in [2.05, 4.69) is 12.2 Å². The van der Waals surface area contributed by atoms with E-state index in [9.17, 15) is 14.4 Å². The maximum Gasteiger partial charge on any atom is 0.304 e. The first-order valence-electron chi connectivity index (χ1n) is 6.20. The number of amides is 2. The van der Waals surface area contributed by atoms with Crippen LogP contribution in [0.1, 0.15) is 20.3 Å². The van der Waals surface area contributed by atoms with E-state index in [1.54, 1.807) is 0 Å². The predicted molar refractivity (Wildman–Crippen MR) is 60.8 cm³/mol. The first-order chi connectivity index (χ1) is 8.50. The molecule has 2 amide bonds. The zero-order valence-electron chi connectivity index (χ0n) is 10.3. The molecule has 1 heterocycles. The summed E-state index contributed by atoms with van der Waals surface area (Å²) in [6.07, 6.45) is 4.36. The normalized spacial score (nSPS) is 40.2. The summed E-state index contributed by atoms with van der Waals surface area (Å²) >= 11 is 0.